The lowest BCUT2D eigenvalue weighted by Gasteiger charge is -2.22. The Hall–Kier alpha value is -1.07. The summed E-state index contributed by atoms with van der Waals surface area (Å²) < 4.78 is 23.1. The smallest absolute Gasteiger partial charge is 0.262 e. The molecule has 20 heavy (non-hydrogen) atoms. The SMILES string of the molecule is CCCN(CC1CC1)C(=O)c1ccccc1S(=O)(=O)Cl. The lowest BCUT2D eigenvalue weighted by Crippen LogP contribution is -2.34. The van der Waals surface area contributed by atoms with Crippen LogP contribution in [0.4, 0.5) is 0 Å². The van der Waals surface area contributed by atoms with Gasteiger partial charge in [-0.3, -0.25) is 4.79 Å². The third kappa shape index (κ3) is 3.73. The van der Waals surface area contributed by atoms with E-state index in [0.29, 0.717) is 19.0 Å². The second-order valence-corrected chi connectivity index (χ2v) is 7.66. The van der Waals surface area contributed by atoms with Gasteiger partial charge < -0.3 is 4.90 Å². The lowest BCUT2D eigenvalue weighted by molar-refractivity contribution is 0.0744. The van der Waals surface area contributed by atoms with E-state index in [1.54, 1.807) is 17.0 Å². The van der Waals surface area contributed by atoms with Crippen LogP contribution >= 0.6 is 10.7 Å². The summed E-state index contributed by atoms with van der Waals surface area (Å²) in [7, 11) is 1.49. The maximum atomic E-state index is 12.6. The van der Waals surface area contributed by atoms with Crippen molar-refractivity contribution >= 4 is 25.6 Å². The zero-order valence-corrected chi connectivity index (χ0v) is 13.0. The van der Waals surface area contributed by atoms with E-state index >= 15 is 0 Å². The monoisotopic (exact) mass is 315 g/mol. The molecule has 1 aromatic carbocycles. The van der Waals surface area contributed by atoms with E-state index in [4.69, 9.17) is 10.7 Å². The largest absolute Gasteiger partial charge is 0.338 e. The predicted octanol–water partition coefficient (Wildman–Crippen LogP) is 2.88. The van der Waals surface area contributed by atoms with Crippen LogP contribution in [0.3, 0.4) is 0 Å². The molecule has 1 fully saturated rings. The van der Waals surface area contributed by atoms with Crippen molar-refractivity contribution in [3.63, 3.8) is 0 Å². The molecule has 1 aromatic rings. The third-order valence-electron chi connectivity index (χ3n) is 3.34. The van der Waals surface area contributed by atoms with Crippen molar-refractivity contribution in [1.29, 1.82) is 0 Å². The first-order valence-corrected chi connectivity index (χ1v) is 9.07. The highest BCUT2D eigenvalue weighted by atomic mass is 35.7. The summed E-state index contributed by atoms with van der Waals surface area (Å²) in [4.78, 5) is 14.2. The van der Waals surface area contributed by atoms with E-state index in [1.165, 1.54) is 12.1 Å². The Bertz CT molecular complexity index is 596. The van der Waals surface area contributed by atoms with Crippen molar-refractivity contribution in [3.8, 4) is 0 Å². The number of halogens is 1. The summed E-state index contributed by atoms with van der Waals surface area (Å²) in [5.74, 6) is 0.309. The zero-order chi connectivity index (χ0) is 14.8. The number of rotatable bonds is 6. The number of carbonyl (C=O) groups excluding carboxylic acids is 1. The summed E-state index contributed by atoms with van der Waals surface area (Å²) in [5.41, 5.74) is 0.164. The number of amides is 1. The van der Waals surface area contributed by atoms with Crippen molar-refractivity contribution in [1.82, 2.24) is 4.90 Å². The Morgan fingerprint density at radius 1 is 1.35 bits per heavy atom. The van der Waals surface area contributed by atoms with Crippen molar-refractivity contribution in [2.75, 3.05) is 13.1 Å². The van der Waals surface area contributed by atoms with Gasteiger partial charge in [-0.1, -0.05) is 19.1 Å². The molecule has 0 radical (unpaired) electrons. The van der Waals surface area contributed by atoms with Crippen molar-refractivity contribution in [3.05, 3.63) is 29.8 Å². The Morgan fingerprint density at radius 3 is 2.55 bits per heavy atom. The molecule has 0 unspecified atom stereocenters. The molecule has 1 saturated carbocycles. The summed E-state index contributed by atoms with van der Waals surface area (Å²) in [6.45, 7) is 3.33. The fourth-order valence-corrected chi connectivity index (χ4v) is 3.25. The van der Waals surface area contributed by atoms with Gasteiger partial charge in [0.05, 0.1) is 10.5 Å². The average Bonchev–Trinajstić information content (AvgIpc) is 3.20. The minimum Gasteiger partial charge on any atom is -0.338 e. The molecular weight excluding hydrogens is 298 g/mol. The number of nitrogens with zero attached hydrogens (tertiary/aromatic N) is 1. The van der Waals surface area contributed by atoms with E-state index in [9.17, 15) is 13.2 Å². The van der Waals surface area contributed by atoms with Crippen LogP contribution in [0, 0.1) is 5.92 Å². The van der Waals surface area contributed by atoms with Crippen LogP contribution in [-0.2, 0) is 9.05 Å². The zero-order valence-electron chi connectivity index (χ0n) is 11.4. The molecule has 110 valence electrons. The predicted molar refractivity (Wildman–Crippen MR) is 78.4 cm³/mol. The molecule has 0 aromatic heterocycles. The van der Waals surface area contributed by atoms with Gasteiger partial charge >= 0.3 is 0 Å². The standard InChI is InChI=1S/C14H18ClNO3S/c1-2-9-16(10-11-7-8-11)14(17)12-5-3-4-6-13(12)20(15,18)19/h3-6,11H,2,7-10H2,1H3. The van der Waals surface area contributed by atoms with Gasteiger partial charge in [-0.25, -0.2) is 8.42 Å². The molecule has 1 amide bonds. The molecule has 6 heteroatoms. The van der Waals surface area contributed by atoms with E-state index in [-0.39, 0.29) is 16.4 Å². The molecule has 0 bridgehead atoms. The Balaban J connectivity index is 2.30. The average molecular weight is 316 g/mol. The van der Waals surface area contributed by atoms with Gasteiger partial charge in [-0.2, -0.15) is 0 Å². The van der Waals surface area contributed by atoms with Gasteiger partial charge in [0, 0.05) is 23.8 Å². The Labute approximate surface area is 124 Å². The molecule has 0 saturated heterocycles. The van der Waals surface area contributed by atoms with E-state index in [2.05, 4.69) is 0 Å². The van der Waals surface area contributed by atoms with Gasteiger partial charge in [0.15, 0.2) is 0 Å². The van der Waals surface area contributed by atoms with E-state index < -0.39 is 9.05 Å². The molecule has 0 heterocycles. The molecule has 2 rings (SSSR count). The lowest BCUT2D eigenvalue weighted by atomic mass is 10.2. The summed E-state index contributed by atoms with van der Waals surface area (Å²) in [6.07, 6.45) is 3.13. The molecule has 0 N–H and O–H groups in total. The van der Waals surface area contributed by atoms with Gasteiger partial charge in [0.1, 0.15) is 0 Å². The van der Waals surface area contributed by atoms with Gasteiger partial charge in [0.25, 0.3) is 15.0 Å². The number of benzene rings is 1. The molecule has 0 aliphatic heterocycles. The number of carbonyl (C=O) groups is 1. The summed E-state index contributed by atoms with van der Waals surface area (Å²) in [6, 6.07) is 6.11. The maximum Gasteiger partial charge on any atom is 0.262 e. The normalized spacial score (nSPS) is 15.1. The first-order valence-electron chi connectivity index (χ1n) is 6.76. The summed E-state index contributed by atoms with van der Waals surface area (Å²) >= 11 is 0. The van der Waals surface area contributed by atoms with Gasteiger partial charge in [-0.05, 0) is 37.3 Å². The van der Waals surface area contributed by atoms with Crippen LogP contribution < -0.4 is 0 Å². The van der Waals surface area contributed by atoms with Crippen molar-refractivity contribution in [2.24, 2.45) is 5.92 Å². The first kappa shape index (κ1) is 15.3. The van der Waals surface area contributed by atoms with Gasteiger partial charge in [0.2, 0.25) is 0 Å². The molecule has 0 atom stereocenters. The highest BCUT2D eigenvalue weighted by Crippen LogP contribution is 2.31. The fourth-order valence-electron chi connectivity index (χ4n) is 2.18. The molecule has 4 nitrogen and oxygen atoms in total. The summed E-state index contributed by atoms with van der Waals surface area (Å²) in [5, 5.41) is 0. The van der Waals surface area contributed by atoms with Crippen molar-refractivity contribution in [2.45, 2.75) is 31.1 Å². The van der Waals surface area contributed by atoms with Crippen LogP contribution in [0.1, 0.15) is 36.5 Å². The maximum absolute atomic E-state index is 12.6. The number of hydrogen-bond donors (Lipinski definition) is 0. The Kier molecular flexibility index (Phi) is 4.70. The number of hydrogen-bond acceptors (Lipinski definition) is 3. The van der Waals surface area contributed by atoms with Crippen LogP contribution in [0.15, 0.2) is 29.2 Å². The molecule has 1 aliphatic rings. The van der Waals surface area contributed by atoms with Crippen LogP contribution in [0.5, 0.6) is 0 Å². The third-order valence-corrected chi connectivity index (χ3v) is 4.72. The fraction of sp³-hybridized carbons (Fsp3) is 0.500. The quantitative estimate of drug-likeness (QED) is 0.758. The van der Waals surface area contributed by atoms with Crippen LogP contribution in [0.25, 0.3) is 0 Å². The highest BCUT2D eigenvalue weighted by molar-refractivity contribution is 8.13. The van der Waals surface area contributed by atoms with Gasteiger partial charge in [-0.15, -0.1) is 0 Å². The molecular formula is C14H18ClNO3S. The van der Waals surface area contributed by atoms with Crippen molar-refractivity contribution < 1.29 is 13.2 Å². The topological polar surface area (TPSA) is 54.5 Å². The molecule has 1 aliphatic carbocycles. The van der Waals surface area contributed by atoms with E-state index in [0.717, 1.165) is 19.3 Å². The second-order valence-electron chi connectivity index (χ2n) is 5.13. The van der Waals surface area contributed by atoms with E-state index in [1.807, 2.05) is 6.92 Å². The Morgan fingerprint density at radius 2 is 2.00 bits per heavy atom. The minimum absolute atomic E-state index is 0.108. The second kappa shape index (κ2) is 6.14. The molecule has 0 spiro atoms. The van der Waals surface area contributed by atoms with Crippen LogP contribution in [0.2, 0.25) is 0 Å². The minimum atomic E-state index is -3.92. The first-order chi connectivity index (χ1) is 9.43. The highest BCUT2D eigenvalue weighted by Gasteiger charge is 2.29. The van der Waals surface area contributed by atoms with Crippen LogP contribution in [-0.4, -0.2) is 32.3 Å².